The number of halogens is 2. The molecule has 0 radical (unpaired) electrons. The van der Waals surface area contributed by atoms with Gasteiger partial charge in [-0.2, -0.15) is 0 Å². The summed E-state index contributed by atoms with van der Waals surface area (Å²) in [4.78, 5) is 8.35. The molecule has 0 saturated carbocycles. The lowest BCUT2D eigenvalue weighted by atomic mass is 10.1. The smallest absolute Gasteiger partial charge is 0.175 e. The minimum Gasteiger partial charge on any atom is -0.370 e. The molecule has 1 aromatic carbocycles. The molecule has 0 saturated heterocycles. The van der Waals surface area contributed by atoms with Crippen molar-refractivity contribution in [2.75, 3.05) is 17.2 Å². The Morgan fingerprint density at radius 3 is 2.62 bits per heavy atom. The summed E-state index contributed by atoms with van der Waals surface area (Å²) in [7, 11) is 0. The predicted molar refractivity (Wildman–Crippen MR) is 95.2 cm³/mol. The predicted octanol–water partition coefficient (Wildman–Crippen LogP) is 4.48. The molecule has 24 heavy (non-hydrogen) atoms. The van der Waals surface area contributed by atoms with Crippen LogP contribution < -0.4 is 10.6 Å². The van der Waals surface area contributed by atoms with Crippen molar-refractivity contribution in [3.05, 3.63) is 58.0 Å². The van der Waals surface area contributed by atoms with Gasteiger partial charge in [0, 0.05) is 28.7 Å². The van der Waals surface area contributed by atoms with Crippen molar-refractivity contribution in [1.29, 1.82) is 0 Å². The Hall–Kier alpha value is -2.31. The molecule has 0 spiro atoms. The number of rotatable bonds is 6. The van der Waals surface area contributed by atoms with E-state index in [1.807, 2.05) is 19.1 Å². The topological polar surface area (TPSA) is 75.9 Å². The number of hydrogen-bond acceptors (Lipinski definition) is 6. The second-order valence-corrected chi connectivity index (χ2v) is 5.99. The van der Waals surface area contributed by atoms with Gasteiger partial charge in [-0.3, -0.25) is 0 Å². The molecule has 6 nitrogen and oxygen atoms in total. The van der Waals surface area contributed by atoms with Crippen LogP contribution in [0.2, 0.25) is 10.0 Å². The standard InChI is InChI=1S/C16H15Cl2N5O/c1-10-6-16(23-24-10)22-15-8-14(20-9-21-15)19-5-4-11-2-3-12(17)7-13(11)18/h2-3,6-9H,4-5H2,1H3,(H2,19,20,21,22,23). The number of nitrogens with zero attached hydrogens (tertiary/aromatic N) is 3. The van der Waals surface area contributed by atoms with Gasteiger partial charge in [0.05, 0.1) is 0 Å². The second kappa shape index (κ2) is 7.51. The van der Waals surface area contributed by atoms with Crippen LogP contribution in [0.4, 0.5) is 17.5 Å². The molecule has 0 bridgehead atoms. The Bertz CT molecular complexity index is 837. The third-order valence-corrected chi connectivity index (χ3v) is 3.85. The number of benzene rings is 1. The fraction of sp³-hybridized carbons (Fsp3) is 0.188. The molecule has 0 amide bonds. The SMILES string of the molecule is Cc1cc(Nc2cc(NCCc3ccc(Cl)cc3Cl)ncn2)no1. The molecule has 2 heterocycles. The third kappa shape index (κ3) is 4.37. The minimum atomic E-state index is 0.602. The first kappa shape index (κ1) is 16.5. The number of aryl methyl sites for hydroxylation is 1. The van der Waals surface area contributed by atoms with Crippen LogP contribution in [0.5, 0.6) is 0 Å². The summed E-state index contributed by atoms with van der Waals surface area (Å²) in [6, 6.07) is 9.08. The Kier molecular flexibility index (Phi) is 5.17. The molecule has 2 aromatic heterocycles. The molecular formula is C16H15Cl2N5O. The van der Waals surface area contributed by atoms with E-state index in [0.717, 1.165) is 17.7 Å². The van der Waals surface area contributed by atoms with E-state index in [1.165, 1.54) is 6.33 Å². The summed E-state index contributed by atoms with van der Waals surface area (Å²) in [5, 5.41) is 11.5. The van der Waals surface area contributed by atoms with Gasteiger partial charge >= 0.3 is 0 Å². The molecule has 0 unspecified atom stereocenters. The highest BCUT2D eigenvalue weighted by Gasteiger charge is 2.04. The van der Waals surface area contributed by atoms with E-state index >= 15 is 0 Å². The summed E-state index contributed by atoms with van der Waals surface area (Å²) in [6.45, 7) is 2.51. The summed E-state index contributed by atoms with van der Waals surface area (Å²) in [6.07, 6.45) is 2.23. The largest absolute Gasteiger partial charge is 0.370 e. The highest BCUT2D eigenvalue weighted by molar-refractivity contribution is 6.35. The van der Waals surface area contributed by atoms with Gasteiger partial charge in [-0.05, 0) is 31.0 Å². The molecular weight excluding hydrogens is 349 g/mol. The molecule has 0 aliphatic heterocycles. The Morgan fingerprint density at radius 2 is 1.88 bits per heavy atom. The Balaban J connectivity index is 1.58. The molecule has 3 aromatic rings. The summed E-state index contributed by atoms with van der Waals surface area (Å²) < 4.78 is 5.01. The fourth-order valence-electron chi connectivity index (χ4n) is 2.13. The first-order chi connectivity index (χ1) is 11.6. The maximum Gasteiger partial charge on any atom is 0.175 e. The van der Waals surface area contributed by atoms with E-state index in [2.05, 4.69) is 25.8 Å². The first-order valence-electron chi connectivity index (χ1n) is 7.30. The van der Waals surface area contributed by atoms with E-state index in [9.17, 15) is 0 Å². The quantitative estimate of drug-likeness (QED) is 0.672. The van der Waals surface area contributed by atoms with Crippen LogP contribution in [-0.2, 0) is 6.42 Å². The maximum atomic E-state index is 6.17. The summed E-state index contributed by atoms with van der Waals surface area (Å²) in [5.74, 6) is 2.66. The lowest BCUT2D eigenvalue weighted by Crippen LogP contribution is -2.07. The van der Waals surface area contributed by atoms with Gasteiger partial charge in [0.1, 0.15) is 23.7 Å². The molecule has 8 heteroatoms. The van der Waals surface area contributed by atoms with Gasteiger partial charge in [0.25, 0.3) is 0 Å². The van der Waals surface area contributed by atoms with Crippen molar-refractivity contribution < 1.29 is 4.52 Å². The normalized spacial score (nSPS) is 10.6. The van der Waals surface area contributed by atoms with E-state index in [-0.39, 0.29) is 0 Å². The van der Waals surface area contributed by atoms with E-state index in [4.69, 9.17) is 27.7 Å². The van der Waals surface area contributed by atoms with Crippen molar-refractivity contribution in [3.63, 3.8) is 0 Å². The highest BCUT2D eigenvalue weighted by atomic mass is 35.5. The molecule has 124 valence electrons. The fourth-order valence-corrected chi connectivity index (χ4v) is 2.63. The van der Waals surface area contributed by atoms with Crippen LogP contribution in [0.3, 0.4) is 0 Å². The third-order valence-electron chi connectivity index (χ3n) is 3.27. The van der Waals surface area contributed by atoms with Gasteiger partial charge < -0.3 is 15.2 Å². The minimum absolute atomic E-state index is 0.602. The van der Waals surface area contributed by atoms with Gasteiger partial charge in [0.15, 0.2) is 5.82 Å². The number of aromatic nitrogens is 3. The maximum absolute atomic E-state index is 6.17. The molecule has 2 N–H and O–H groups in total. The molecule has 0 aliphatic carbocycles. The van der Waals surface area contributed by atoms with Crippen molar-refractivity contribution in [2.24, 2.45) is 0 Å². The molecule has 0 aliphatic rings. The average molecular weight is 364 g/mol. The summed E-state index contributed by atoms with van der Waals surface area (Å²) >= 11 is 12.1. The zero-order valence-corrected chi connectivity index (χ0v) is 14.4. The zero-order valence-electron chi connectivity index (χ0n) is 12.9. The zero-order chi connectivity index (χ0) is 16.9. The highest BCUT2D eigenvalue weighted by Crippen LogP contribution is 2.21. The van der Waals surface area contributed by atoms with Crippen LogP contribution in [-0.4, -0.2) is 21.7 Å². The number of hydrogen-bond donors (Lipinski definition) is 2. The lowest BCUT2D eigenvalue weighted by molar-refractivity contribution is 0.400. The van der Waals surface area contributed by atoms with Gasteiger partial charge in [-0.1, -0.05) is 34.4 Å². The van der Waals surface area contributed by atoms with Gasteiger partial charge in [-0.25, -0.2) is 9.97 Å². The van der Waals surface area contributed by atoms with Gasteiger partial charge in [0.2, 0.25) is 0 Å². The van der Waals surface area contributed by atoms with Crippen LogP contribution >= 0.6 is 23.2 Å². The molecule has 0 fully saturated rings. The molecule has 0 atom stereocenters. The molecule has 3 rings (SSSR count). The van der Waals surface area contributed by atoms with Crippen molar-refractivity contribution in [3.8, 4) is 0 Å². The lowest BCUT2D eigenvalue weighted by Gasteiger charge is -2.08. The Labute approximate surface area is 149 Å². The van der Waals surface area contributed by atoms with Crippen molar-refractivity contribution >= 4 is 40.7 Å². The number of nitrogens with one attached hydrogen (secondary N) is 2. The average Bonchev–Trinajstić information content (AvgIpc) is 2.95. The van der Waals surface area contributed by atoms with Gasteiger partial charge in [-0.15, -0.1) is 0 Å². The second-order valence-electron chi connectivity index (χ2n) is 5.15. The van der Waals surface area contributed by atoms with Crippen molar-refractivity contribution in [2.45, 2.75) is 13.3 Å². The van der Waals surface area contributed by atoms with Crippen molar-refractivity contribution in [1.82, 2.24) is 15.1 Å². The van der Waals surface area contributed by atoms with E-state index in [0.29, 0.717) is 34.0 Å². The van der Waals surface area contributed by atoms with Crippen LogP contribution in [0.15, 0.2) is 41.2 Å². The Morgan fingerprint density at radius 1 is 1.04 bits per heavy atom. The van der Waals surface area contributed by atoms with E-state index in [1.54, 1.807) is 18.2 Å². The summed E-state index contributed by atoms with van der Waals surface area (Å²) in [5.41, 5.74) is 1.03. The first-order valence-corrected chi connectivity index (χ1v) is 8.06. The monoisotopic (exact) mass is 363 g/mol. The van der Waals surface area contributed by atoms with Crippen LogP contribution in [0, 0.1) is 6.92 Å². The number of anilines is 3. The van der Waals surface area contributed by atoms with Crippen LogP contribution in [0.1, 0.15) is 11.3 Å². The van der Waals surface area contributed by atoms with E-state index < -0.39 is 0 Å². The van der Waals surface area contributed by atoms with Crippen LogP contribution in [0.25, 0.3) is 0 Å².